The van der Waals surface area contributed by atoms with Gasteiger partial charge in [-0.3, -0.25) is 9.48 Å². The molecular formula is C12H22N4O. The number of nitrogens with one attached hydrogen (secondary N) is 1. The molecule has 1 atom stereocenters. The number of aryl methyl sites for hydroxylation is 1. The summed E-state index contributed by atoms with van der Waals surface area (Å²) in [5.41, 5.74) is 6.89. The average Bonchev–Trinajstić information content (AvgIpc) is 2.63. The van der Waals surface area contributed by atoms with Crippen molar-refractivity contribution in [1.82, 2.24) is 15.1 Å². The lowest BCUT2D eigenvalue weighted by atomic mass is 10.0. The van der Waals surface area contributed by atoms with E-state index in [1.165, 1.54) is 0 Å². The van der Waals surface area contributed by atoms with Crippen molar-refractivity contribution in [2.45, 2.75) is 39.8 Å². The van der Waals surface area contributed by atoms with E-state index in [2.05, 4.69) is 24.3 Å². The smallest absolute Gasteiger partial charge is 0.236 e. The number of carbonyl (C=O) groups is 1. The van der Waals surface area contributed by atoms with Gasteiger partial charge in [-0.2, -0.15) is 5.10 Å². The number of hydrogen-bond acceptors (Lipinski definition) is 3. The van der Waals surface area contributed by atoms with Gasteiger partial charge in [0, 0.05) is 12.7 Å². The van der Waals surface area contributed by atoms with E-state index in [4.69, 9.17) is 5.73 Å². The highest BCUT2D eigenvalue weighted by Crippen LogP contribution is 2.02. The molecule has 1 rings (SSSR count). The topological polar surface area (TPSA) is 72.9 Å². The van der Waals surface area contributed by atoms with Gasteiger partial charge in [-0.25, -0.2) is 0 Å². The number of carbonyl (C=O) groups excluding carboxylic acids is 1. The van der Waals surface area contributed by atoms with Crippen LogP contribution in [0.15, 0.2) is 12.4 Å². The van der Waals surface area contributed by atoms with E-state index in [0.29, 0.717) is 25.4 Å². The summed E-state index contributed by atoms with van der Waals surface area (Å²) in [7, 11) is 0. The van der Waals surface area contributed by atoms with Crippen molar-refractivity contribution in [2.24, 2.45) is 11.7 Å². The quantitative estimate of drug-likeness (QED) is 0.765. The van der Waals surface area contributed by atoms with Gasteiger partial charge in [0.1, 0.15) is 0 Å². The van der Waals surface area contributed by atoms with E-state index >= 15 is 0 Å². The Morgan fingerprint density at radius 1 is 1.59 bits per heavy atom. The largest absolute Gasteiger partial charge is 0.353 e. The number of amides is 1. The molecular weight excluding hydrogens is 216 g/mol. The first-order valence-corrected chi connectivity index (χ1v) is 6.01. The predicted octanol–water partition coefficient (Wildman–Crippen LogP) is 0.681. The SMILES string of the molecule is Cc1cnn(CCNC(=O)[C@@H](N)CC(C)C)c1. The van der Waals surface area contributed by atoms with Gasteiger partial charge in [-0.1, -0.05) is 13.8 Å². The zero-order valence-electron chi connectivity index (χ0n) is 10.8. The van der Waals surface area contributed by atoms with E-state index in [1.807, 2.05) is 17.8 Å². The van der Waals surface area contributed by atoms with Crippen molar-refractivity contribution in [2.75, 3.05) is 6.54 Å². The Kier molecular flexibility index (Phi) is 5.15. The van der Waals surface area contributed by atoms with Gasteiger partial charge >= 0.3 is 0 Å². The maximum absolute atomic E-state index is 11.6. The molecule has 96 valence electrons. The first-order valence-electron chi connectivity index (χ1n) is 6.01. The van der Waals surface area contributed by atoms with Crippen LogP contribution in [-0.4, -0.2) is 28.3 Å². The molecule has 0 bridgehead atoms. The summed E-state index contributed by atoms with van der Waals surface area (Å²) >= 11 is 0. The van der Waals surface area contributed by atoms with Gasteiger partial charge < -0.3 is 11.1 Å². The normalized spacial score (nSPS) is 12.8. The molecule has 3 N–H and O–H groups in total. The number of nitrogens with zero attached hydrogens (tertiary/aromatic N) is 2. The highest BCUT2D eigenvalue weighted by atomic mass is 16.2. The molecule has 0 aliphatic rings. The molecule has 0 radical (unpaired) electrons. The molecule has 5 heteroatoms. The second-order valence-electron chi connectivity index (χ2n) is 4.81. The minimum Gasteiger partial charge on any atom is -0.353 e. The third kappa shape index (κ3) is 4.99. The molecule has 0 aromatic carbocycles. The number of aromatic nitrogens is 2. The van der Waals surface area contributed by atoms with Crippen LogP contribution in [0.4, 0.5) is 0 Å². The molecule has 0 saturated carbocycles. The third-order valence-corrected chi connectivity index (χ3v) is 2.46. The van der Waals surface area contributed by atoms with Crippen LogP contribution in [0, 0.1) is 12.8 Å². The summed E-state index contributed by atoms with van der Waals surface area (Å²) in [6, 6.07) is -0.408. The first-order chi connectivity index (χ1) is 7.99. The van der Waals surface area contributed by atoms with Crippen LogP contribution >= 0.6 is 0 Å². The van der Waals surface area contributed by atoms with E-state index in [9.17, 15) is 4.79 Å². The molecule has 1 heterocycles. The molecule has 1 amide bonds. The molecule has 1 aromatic rings. The molecule has 0 aliphatic carbocycles. The van der Waals surface area contributed by atoms with Gasteiger partial charge in [0.25, 0.3) is 0 Å². The van der Waals surface area contributed by atoms with Crippen molar-refractivity contribution in [3.05, 3.63) is 18.0 Å². The maximum Gasteiger partial charge on any atom is 0.236 e. The number of rotatable bonds is 6. The molecule has 1 aromatic heterocycles. The summed E-state index contributed by atoms with van der Waals surface area (Å²) in [5.74, 6) is 0.354. The minimum atomic E-state index is -0.408. The Balaban J connectivity index is 2.24. The molecule has 0 spiro atoms. The molecule has 17 heavy (non-hydrogen) atoms. The van der Waals surface area contributed by atoms with Gasteiger partial charge in [0.2, 0.25) is 5.91 Å². The van der Waals surface area contributed by atoms with Crippen molar-refractivity contribution < 1.29 is 4.79 Å². The van der Waals surface area contributed by atoms with Crippen LogP contribution in [0.1, 0.15) is 25.8 Å². The summed E-state index contributed by atoms with van der Waals surface area (Å²) in [6.45, 7) is 7.33. The minimum absolute atomic E-state index is 0.0809. The van der Waals surface area contributed by atoms with Crippen molar-refractivity contribution in [1.29, 1.82) is 0 Å². The summed E-state index contributed by atoms with van der Waals surface area (Å²) in [5, 5.41) is 6.96. The predicted molar refractivity (Wildman–Crippen MR) is 67.4 cm³/mol. The summed E-state index contributed by atoms with van der Waals surface area (Å²) in [6.07, 6.45) is 4.46. The fraction of sp³-hybridized carbons (Fsp3) is 0.667. The van der Waals surface area contributed by atoms with Crippen LogP contribution < -0.4 is 11.1 Å². The van der Waals surface area contributed by atoms with E-state index < -0.39 is 6.04 Å². The zero-order chi connectivity index (χ0) is 12.8. The van der Waals surface area contributed by atoms with E-state index in [-0.39, 0.29) is 5.91 Å². The Bertz CT molecular complexity index is 359. The Morgan fingerprint density at radius 2 is 2.29 bits per heavy atom. The number of nitrogens with two attached hydrogens (primary N) is 1. The average molecular weight is 238 g/mol. The lowest BCUT2D eigenvalue weighted by Crippen LogP contribution is -2.42. The van der Waals surface area contributed by atoms with Crippen molar-refractivity contribution in [3.8, 4) is 0 Å². The van der Waals surface area contributed by atoms with Crippen LogP contribution in [0.25, 0.3) is 0 Å². The van der Waals surface area contributed by atoms with Crippen molar-refractivity contribution >= 4 is 5.91 Å². The molecule has 0 fully saturated rings. The first kappa shape index (κ1) is 13.7. The van der Waals surface area contributed by atoms with Crippen LogP contribution in [-0.2, 0) is 11.3 Å². The lowest BCUT2D eigenvalue weighted by Gasteiger charge is -2.14. The Morgan fingerprint density at radius 3 is 2.82 bits per heavy atom. The maximum atomic E-state index is 11.6. The highest BCUT2D eigenvalue weighted by molar-refractivity contribution is 5.81. The van der Waals surface area contributed by atoms with Crippen LogP contribution in [0.2, 0.25) is 0 Å². The highest BCUT2D eigenvalue weighted by Gasteiger charge is 2.13. The van der Waals surface area contributed by atoms with Gasteiger partial charge in [0.05, 0.1) is 18.8 Å². The molecule has 0 aliphatic heterocycles. The summed E-state index contributed by atoms with van der Waals surface area (Å²) < 4.78 is 1.81. The third-order valence-electron chi connectivity index (χ3n) is 2.46. The Hall–Kier alpha value is -1.36. The van der Waals surface area contributed by atoms with Gasteiger partial charge in [-0.15, -0.1) is 0 Å². The standard InChI is InChI=1S/C12H22N4O/c1-9(2)6-11(13)12(17)14-4-5-16-8-10(3)7-15-16/h7-9,11H,4-6,13H2,1-3H3,(H,14,17)/t11-/m0/s1. The second kappa shape index (κ2) is 6.39. The molecule has 0 saturated heterocycles. The monoisotopic (exact) mass is 238 g/mol. The fourth-order valence-electron chi connectivity index (χ4n) is 1.63. The zero-order valence-corrected chi connectivity index (χ0v) is 10.8. The van der Waals surface area contributed by atoms with Crippen LogP contribution in [0.5, 0.6) is 0 Å². The molecule has 0 unspecified atom stereocenters. The van der Waals surface area contributed by atoms with Crippen molar-refractivity contribution in [3.63, 3.8) is 0 Å². The Labute approximate surface area is 102 Å². The molecule has 5 nitrogen and oxygen atoms in total. The second-order valence-corrected chi connectivity index (χ2v) is 4.81. The van der Waals surface area contributed by atoms with E-state index in [0.717, 1.165) is 5.56 Å². The number of hydrogen-bond donors (Lipinski definition) is 2. The van der Waals surface area contributed by atoms with Crippen LogP contribution in [0.3, 0.4) is 0 Å². The summed E-state index contributed by atoms with van der Waals surface area (Å²) in [4.78, 5) is 11.6. The van der Waals surface area contributed by atoms with E-state index in [1.54, 1.807) is 6.20 Å². The van der Waals surface area contributed by atoms with Gasteiger partial charge in [0.15, 0.2) is 0 Å². The fourth-order valence-corrected chi connectivity index (χ4v) is 1.63. The lowest BCUT2D eigenvalue weighted by molar-refractivity contribution is -0.122. The van der Waals surface area contributed by atoms with Gasteiger partial charge in [-0.05, 0) is 24.8 Å².